The maximum atomic E-state index is 5.92. The zero-order chi connectivity index (χ0) is 14.2. The first kappa shape index (κ1) is 15.1. The minimum absolute atomic E-state index is 0.746. The molecule has 4 heteroatoms. The van der Waals surface area contributed by atoms with Crippen LogP contribution in [0.15, 0.2) is 47.1 Å². The van der Waals surface area contributed by atoms with Gasteiger partial charge in [-0.25, -0.2) is 0 Å². The molecule has 0 radical (unpaired) electrons. The number of hydrogen-bond donors (Lipinski definition) is 1. The topological polar surface area (TPSA) is 42.4 Å². The lowest BCUT2D eigenvalue weighted by Crippen LogP contribution is -2.24. The van der Waals surface area contributed by atoms with Crippen molar-refractivity contribution in [2.24, 2.45) is 5.73 Å². The van der Waals surface area contributed by atoms with E-state index in [1.54, 1.807) is 6.26 Å². The molecule has 0 fully saturated rings. The lowest BCUT2D eigenvalue weighted by atomic mass is 10.2. The molecule has 0 atom stereocenters. The third-order valence-corrected chi connectivity index (χ3v) is 3.46. The van der Waals surface area contributed by atoms with Crippen LogP contribution in [-0.4, -0.2) is 18.0 Å². The van der Waals surface area contributed by atoms with Gasteiger partial charge in [0.05, 0.1) is 12.8 Å². The van der Waals surface area contributed by atoms with E-state index in [-0.39, 0.29) is 0 Å². The Morgan fingerprint density at radius 1 is 1.05 bits per heavy atom. The molecule has 1 heterocycles. The van der Waals surface area contributed by atoms with Crippen LogP contribution in [0.5, 0.6) is 0 Å². The van der Waals surface area contributed by atoms with Gasteiger partial charge < -0.3 is 10.2 Å². The first-order valence-corrected chi connectivity index (χ1v) is 7.35. The summed E-state index contributed by atoms with van der Waals surface area (Å²) < 4.78 is 5.44. The minimum Gasteiger partial charge on any atom is -0.468 e. The number of nitrogens with zero attached hydrogens (tertiary/aromatic N) is 1. The molecule has 0 aliphatic rings. The fourth-order valence-corrected chi connectivity index (χ4v) is 2.29. The number of unbranched alkanes of at least 4 members (excludes halogenated alkanes) is 1. The molecule has 0 aliphatic carbocycles. The fraction of sp³-hybridized carbons (Fsp3) is 0.375. The molecule has 0 unspecified atom stereocenters. The Morgan fingerprint density at radius 2 is 1.85 bits per heavy atom. The first-order valence-electron chi connectivity index (χ1n) is 6.97. The highest BCUT2D eigenvalue weighted by atomic mass is 35.5. The van der Waals surface area contributed by atoms with Crippen molar-refractivity contribution in [3.8, 4) is 0 Å². The van der Waals surface area contributed by atoms with Crippen LogP contribution in [0.25, 0.3) is 0 Å². The second-order valence-corrected chi connectivity index (χ2v) is 5.35. The molecule has 1 aromatic carbocycles. The smallest absolute Gasteiger partial charge is 0.117 e. The molecule has 0 spiro atoms. The molecule has 3 nitrogen and oxygen atoms in total. The molecular weight excluding hydrogens is 272 g/mol. The van der Waals surface area contributed by atoms with Crippen molar-refractivity contribution in [2.45, 2.75) is 25.9 Å². The van der Waals surface area contributed by atoms with Crippen LogP contribution in [-0.2, 0) is 13.1 Å². The largest absolute Gasteiger partial charge is 0.468 e. The first-order chi connectivity index (χ1) is 9.78. The highest BCUT2D eigenvalue weighted by Gasteiger charge is 2.08. The fourth-order valence-electron chi connectivity index (χ4n) is 2.16. The van der Waals surface area contributed by atoms with Crippen molar-refractivity contribution in [2.75, 3.05) is 13.1 Å². The highest BCUT2D eigenvalue weighted by molar-refractivity contribution is 6.30. The van der Waals surface area contributed by atoms with Crippen LogP contribution < -0.4 is 5.73 Å². The Kier molecular flexibility index (Phi) is 6.12. The van der Waals surface area contributed by atoms with Gasteiger partial charge in [0.2, 0.25) is 0 Å². The van der Waals surface area contributed by atoms with Crippen LogP contribution in [0, 0.1) is 0 Å². The van der Waals surface area contributed by atoms with Gasteiger partial charge in [0.15, 0.2) is 0 Å². The van der Waals surface area contributed by atoms with Gasteiger partial charge in [-0.1, -0.05) is 23.7 Å². The summed E-state index contributed by atoms with van der Waals surface area (Å²) in [6, 6.07) is 11.9. The van der Waals surface area contributed by atoms with Crippen LogP contribution in [0.3, 0.4) is 0 Å². The van der Waals surface area contributed by atoms with Gasteiger partial charge in [-0.3, -0.25) is 4.90 Å². The monoisotopic (exact) mass is 292 g/mol. The minimum atomic E-state index is 0.746. The van der Waals surface area contributed by atoms with Crippen molar-refractivity contribution in [3.63, 3.8) is 0 Å². The summed E-state index contributed by atoms with van der Waals surface area (Å²) >= 11 is 5.92. The molecule has 0 amide bonds. The highest BCUT2D eigenvalue weighted by Crippen LogP contribution is 2.14. The lowest BCUT2D eigenvalue weighted by Gasteiger charge is -2.21. The van der Waals surface area contributed by atoms with Crippen molar-refractivity contribution in [1.29, 1.82) is 0 Å². The normalized spacial score (nSPS) is 11.2. The second-order valence-electron chi connectivity index (χ2n) is 4.91. The van der Waals surface area contributed by atoms with E-state index in [1.807, 2.05) is 24.3 Å². The molecule has 108 valence electrons. The Hall–Kier alpha value is -1.29. The molecule has 2 aromatic rings. The molecule has 2 N–H and O–H groups in total. The van der Waals surface area contributed by atoms with Gasteiger partial charge in [-0.2, -0.15) is 0 Å². The molecular formula is C16H21ClN2O. The van der Waals surface area contributed by atoms with Gasteiger partial charge in [-0.15, -0.1) is 0 Å². The number of halogens is 1. The van der Waals surface area contributed by atoms with Gasteiger partial charge in [0, 0.05) is 11.6 Å². The molecule has 0 saturated carbocycles. The average molecular weight is 293 g/mol. The maximum Gasteiger partial charge on any atom is 0.117 e. The quantitative estimate of drug-likeness (QED) is 0.755. The van der Waals surface area contributed by atoms with E-state index in [4.69, 9.17) is 21.8 Å². The molecule has 1 aromatic heterocycles. The van der Waals surface area contributed by atoms with E-state index >= 15 is 0 Å². The summed E-state index contributed by atoms with van der Waals surface area (Å²) in [5.41, 5.74) is 6.83. The third kappa shape index (κ3) is 5.00. The number of hydrogen-bond acceptors (Lipinski definition) is 3. The van der Waals surface area contributed by atoms with Gasteiger partial charge >= 0.3 is 0 Å². The molecule has 20 heavy (non-hydrogen) atoms. The number of rotatable bonds is 8. The van der Waals surface area contributed by atoms with Crippen LogP contribution in [0.1, 0.15) is 24.2 Å². The van der Waals surface area contributed by atoms with E-state index in [2.05, 4.69) is 17.0 Å². The van der Waals surface area contributed by atoms with Crippen LogP contribution in [0.4, 0.5) is 0 Å². The van der Waals surface area contributed by atoms with Crippen molar-refractivity contribution in [1.82, 2.24) is 4.90 Å². The molecule has 0 saturated heterocycles. The van der Waals surface area contributed by atoms with E-state index in [0.717, 1.165) is 49.8 Å². The lowest BCUT2D eigenvalue weighted by molar-refractivity contribution is 0.231. The molecule has 0 aliphatic heterocycles. The zero-order valence-electron chi connectivity index (χ0n) is 11.6. The van der Waals surface area contributed by atoms with E-state index in [1.165, 1.54) is 5.56 Å². The van der Waals surface area contributed by atoms with Crippen molar-refractivity contribution < 1.29 is 4.42 Å². The molecule has 2 rings (SSSR count). The number of nitrogens with two attached hydrogens (primary N) is 1. The summed E-state index contributed by atoms with van der Waals surface area (Å²) in [5, 5.41) is 0.773. The standard InChI is InChI=1S/C16H21ClN2O/c17-15-7-5-14(6-8-15)12-19(10-2-1-9-18)13-16-4-3-11-20-16/h3-8,11H,1-2,9-10,12-13,18H2. The Balaban J connectivity index is 1.95. The number of furan rings is 1. The predicted octanol–water partition coefficient (Wildman–Crippen LogP) is 3.67. The average Bonchev–Trinajstić information content (AvgIpc) is 2.94. The summed E-state index contributed by atoms with van der Waals surface area (Å²) in [7, 11) is 0. The number of benzene rings is 1. The Bertz CT molecular complexity index is 482. The molecule has 0 bridgehead atoms. The van der Waals surface area contributed by atoms with Gasteiger partial charge in [0.25, 0.3) is 0 Å². The Morgan fingerprint density at radius 3 is 2.50 bits per heavy atom. The summed E-state index contributed by atoms with van der Waals surface area (Å²) in [6.07, 6.45) is 3.87. The Labute approximate surface area is 125 Å². The van der Waals surface area contributed by atoms with Crippen LogP contribution in [0.2, 0.25) is 5.02 Å². The summed E-state index contributed by atoms with van der Waals surface area (Å²) in [5.74, 6) is 0.992. The van der Waals surface area contributed by atoms with E-state index in [0.29, 0.717) is 0 Å². The zero-order valence-corrected chi connectivity index (χ0v) is 12.4. The van der Waals surface area contributed by atoms with E-state index in [9.17, 15) is 0 Å². The van der Waals surface area contributed by atoms with Gasteiger partial charge in [-0.05, 0) is 55.8 Å². The van der Waals surface area contributed by atoms with E-state index < -0.39 is 0 Å². The predicted molar refractivity (Wildman–Crippen MR) is 82.6 cm³/mol. The second kappa shape index (κ2) is 8.10. The van der Waals surface area contributed by atoms with Crippen LogP contribution >= 0.6 is 11.6 Å². The maximum absolute atomic E-state index is 5.92. The summed E-state index contributed by atoms with van der Waals surface area (Å²) in [6.45, 7) is 3.47. The third-order valence-electron chi connectivity index (χ3n) is 3.21. The van der Waals surface area contributed by atoms with Gasteiger partial charge in [0.1, 0.15) is 5.76 Å². The SMILES string of the molecule is NCCCCN(Cc1ccc(Cl)cc1)Cc1ccco1. The van der Waals surface area contributed by atoms with Crippen molar-refractivity contribution in [3.05, 3.63) is 59.0 Å². The summed E-state index contributed by atoms with van der Waals surface area (Å²) in [4.78, 5) is 2.37. The van der Waals surface area contributed by atoms with Crippen molar-refractivity contribution >= 4 is 11.6 Å².